The van der Waals surface area contributed by atoms with Crippen LogP contribution < -0.4 is 10.0 Å². The van der Waals surface area contributed by atoms with Crippen molar-refractivity contribution in [3.8, 4) is 0 Å². The van der Waals surface area contributed by atoms with Gasteiger partial charge in [0.1, 0.15) is 0 Å². The van der Waals surface area contributed by atoms with E-state index < -0.39 is 10.0 Å². The van der Waals surface area contributed by atoms with Gasteiger partial charge in [-0.2, -0.15) is 11.8 Å². The smallest absolute Gasteiger partial charge is 0.240 e. The molecule has 4 nitrogen and oxygen atoms in total. The van der Waals surface area contributed by atoms with Crippen molar-refractivity contribution in [3.05, 3.63) is 24.3 Å². The van der Waals surface area contributed by atoms with E-state index in [9.17, 15) is 8.42 Å². The number of anilines is 1. The zero-order chi connectivity index (χ0) is 12.7. The Labute approximate surface area is 107 Å². The van der Waals surface area contributed by atoms with Gasteiger partial charge in [-0.05, 0) is 37.4 Å². The Hall–Kier alpha value is -0.720. The van der Waals surface area contributed by atoms with Crippen molar-refractivity contribution < 1.29 is 8.42 Å². The molecule has 0 aromatic heterocycles. The Balaban J connectivity index is 2.71. The molecule has 96 valence electrons. The van der Waals surface area contributed by atoms with Crippen LogP contribution in [0.5, 0.6) is 0 Å². The quantitative estimate of drug-likeness (QED) is 0.744. The van der Waals surface area contributed by atoms with E-state index in [-0.39, 0.29) is 0 Å². The summed E-state index contributed by atoms with van der Waals surface area (Å²) in [6, 6.07) is 6.76. The summed E-state index contributed by atoms with van der Waals surface area (Å²) in [5.41, 5.74) is 0.926. The molecule has 0 saturated carbocycles. The second-order valence-corrected chi connectivity index (χ2v) is 6.20. The van der Waals surface area contributed by atoms with Crippen molar-refractivity contribution in [1.82, 2.24) is 4.72 Å². The van der Waals surface area contributed by atoms with Crippen LogP contribution in [0.25, 0.3) is 0 Å². The van der Waals surface area contributed by atoms with Gasteiger partial charge >= 0.3 is 0 Å². The van der Waals surface area contributed by atoms with E-state index in [1.54, 1.807) is 36.0 Å². The molecule has 0 aliphatic heterocycles. The van der Waals surface area contributed by atoms with Crippen LogP contribution in [0.3, 0.4) is 0 Å². The third-order valence-corrected chi connectivity index (χ3v) is 4.23. The van der Waals surface area contributed by atoms with Crippen molar-refractivity contribution in [2.24, 2.45) is 0 Å². The molecule has 1 aromatic rings. The van der Waals surface area contributed by atoms with E-state index in [1.165, 1.54) is 0 Å². The zero-order valence-corrected chi connectivity index (χ0v) is 11.7. The van der Waals surface area contributed by atoms with E-state index in [2.05, 4.69) is 10.0 Å². The summed E-state index contributed by atoms with van der Waals surface area (Å²) in [7, 11) is -3.36. The zero-order valence-electron chi connectivity index (χ0n) is 10.1. The molecule has 0 heterocycles. The summed E-state index contributed by atoms with van der Waals surface area (Å²) in [5.74, 6) is 0.773. The Morgan fingerprint density at radius 2 is 1.88 bits per heavy atom. The van der Waals surface area contributed by atoms with Crippen LogP contribution in [0.1, 0.15) is 6.92 Å². The first kappa shape index (κ1) is 14.3. The Bertz CT molecular complexity index is 429. The molecular formula is C11H18N2O2S2. The average Bonchev–Trinajstić information content (AvgIpc) is 2.30. The van der Waals surface area contributed by atoms with Crippen molar-refractivity contribution >= 4 is 27.5 Å². The minimum atomic E-state index is -3.36. The number of rotatable bonds is 7. The molecule has 0 unspecified atom stereocenters. The molecule has 17 heavy (non-hydrogen) atoms. The summed E-state index contributed by atoms with van der Waals surface area (Å²) >= 11 is 1.61. The van der Waals surface area contributed by atoms with Gasteiger partial charge < -0.3 is 5.32 Å². The van der Waals surface area contributed by atoms with Crippen LogP contribution in [0.4, 0.5) is 5.69 Å². The number of thioether (sulfide) groups is 1. The maximum Gasteiger partial charge on any atom is 0.240 e. The first-order valence-corrected chi connectivity index (χ1v) is 8.30. The summed E-state index contributed by atoms with van der Waals surface area (Å²) in [6.07, 6.45) is 1.94. The lowest BCUT2D eigenvalue weighted by Crippen LogP contribution is -2.25. The van der Waals surface area contributed by atoms with E-state index in [0.29, 0.717) is 11.4 Å². The van der Waals surface area contributed by atoms with Gasteiger partial charge in [-0.25, -0.2) is 13.1 Å². The predicted octanol–water partition coefficient (Wildman–Crippen LogP) is 1.76. The van der Waals surface area contributed by atoms with Crippen LogP contribution in [-0.2, 0) is 10.0 Å². The average molecular weight is 274 g/mol. The molecular weight excluding hydrogens is 256 g/mol. The standard InChI is InChI=1S/C11H18N2O2S2/c1-3-12-10-4-6-11(7-5-10)17(14,15)13-8-9-16-2/h4-7,12-13H,3,8-9H2,1-2H3. The summed E-state index contributed by atoms with van der Waals surface area (Å²) < 4.78 is 26.2. The lowest BCUT2D eigenvalue weighted by molar-refractivity contribution is 0.584. The van der Waals surface area contributed by atoms with E-state index >= 15 is 0 Å². The predicted molar refractivity (Wildman–Crippen MR) is 74.2 cm³/mol. The molecule has 0 aliphatic rings. The van der Waals surface area contributed by atoms with Gasteiger partial charge in [0.05, 0.1) is 4.90 Å². The van der Waals surface area contributed by atoms with Gasteiger partial charge in [-0.3, -0.25) is 0 Å². The largest absolute Gasteiger partial charge is 0.385 e. The molecule has 6 heteroatoms. The maximum atomic E-state index is 11.8. The second kappa shape index (κ2) is 6.88. The fraction of sp³-hybridized carbons (Fsp3) is 0.455. The van der Waals surface area contributed by atoms with E-state index in [1.807, 2.05) is 13.2 Å². The first-order valence-electron chi connectivity index (χ1n) is 5.42. The van der Waals surface area contributed by atoms with Crippen molar-refractivity contribution in [2.45, 2.75) is 11.8 Å². The van der Waals surface area contributed by atoms with Crippen molar-refractivity contribution in [2.75, 3.05) is 30.4 Å². The molecule has 0 fully saturated rings. The highest BCUT2D eigenvalue weighted by molar-refractivity contribution is 7.98. The molecule has 0 atom stereocenters. The van der Waals surface area contributed by atoms with Crippen molar-refractivity contribution in [1.29, 1.82) is 0 Å². The number of sulfonamides is 1. The van der Waals surface area contributed by atoms with Gasteiger partial charge in [0.15, 0.2) is 0 Å². The molecule has 0 aliphatic carbocycles. The highest BCUT2D eigenvalue weighted by atomic mass is 32.2. The normalized spacial score (nSPS) is 11.4. The summed E-state index contributed by atoms with van der Waals surface area (Å²) in [4.78, 5) is 0.306. The molecule has 0 bridgehead atoms. The number of hydrogen-bond donors (Lipinski definition) is 2. The highest BCUT2D eigenvalue weighted by Crippen LogP contribution is 2.13. The Kier molecular flexibility index (Phi) is 5.80. The SMILES string of the molecule is CCNc1ccc(S(=O)(=O)NCCSC)cc1. The topological polar surface area (TPSA) is 58.2 Å². The molecule has 2 N–H and O–H groups in total. The molecule has 0 spiro atoms. The Morgan fingerprint density at radius 3 is 2.41 bits per heavy atom. The number of benzene rings is 1. The summed E-state index contributed by atoms with van der Waals surface area (Å²) in [6.45, 7) is 3.27. The minimum absolute atomic E-state index is 0.306. The van der Waals surface area contributed by atoms with Crippen LogP contribution in [-0.4, -0.2) is 33.5 Å². The van der Waals surface area contributed by atoms with Crippen LogP contribution in [0.15, 0.2) is 29.2 Å². The van der Waals surface area contributed by atoms with Gasteiger partial charge in [0, 0.05) is 24.5 Å². The van der Waals surface area contributed by atoms with Gasteiger partial charge in [-0.15, -0.1) is 0 Å². The van der Waals surface area contributed by atoms with Crippen LogP contribution in [0.2, 0.25) is 0 Å². The van der Waals surface area contributed by atoms with Crippen LogP contribution in [0, 0.1) is 0 Å². The molecule has 0 radical (unpaired) electrons. The van der Waals surface area contributed by atoms with Gasteiger partial charge in [0.2, 0.25) is 10.0 Å². The van der Waals surface area contributed by atoms with E-state index in [0.717, 1.165) is 18.0 Å². The highest BCUT2D eigenvalue weighted by Gasteiger charge is 2.12. The van der Waals surface area contributed by atoms with Gasteiger partial charge in [-0.1, -0.05) is 0 Å². The molecule has 0 saturated heterocycles. The van der Waals surface area contributed by atoms with Crippen LogP contribution >= 0.6 is 11.8 Å². The van der Waals surface area contributed by atoms with E-state index in [4.69, 9.17) is 0 Å². The number of hydrogen-bond acceptors (Lipinski definition) is 4. The van der Waals surface area contributed by atoms with Crippen molar-refractivity contribution in [3.63, 3.8) is 0 Å². The van der Waals surface area contributed by atoms with Gasteiger partial charge in [0.25, 0.3) is 0 Å². The fourth-order valence-corrected chi connectivity index (χ4v) is 2.78. The molecule has 0 amide bonds. The molecule has 1 rings (SSSR count). The monoisotopic (exact) mass is 274 g/mol. The fourth-order valence-electron chi connectivity index (χ4n) is 1.32. The lowest BCUT2D eigenvalue weighted by atomic mass is 10.3. The second-order valence-electron chi connectivity index (χ2n) is 3.45. The third-order valence-electron chi connectivity index (χ3n) is 2.14. The summed E-state index contributed by atoms with van der Waals surface area (Å²) in [5, 5.41) is 3.12. The molecule has 1 aromatic carbocycles. The minimum Gasteiger partial charge on any atom is -0.385 e. The third kappa shape index (κ3) is 4.57. The maximum absolute atomic E-state index is 11.8. The number of nitrogens with one attached hydrogen (secondary N) is 2. The Morgan fingerprint density at radius 1 is 1.24 bits per heavy atom. The lowest BCUT2D eigenvalue weighted by Gasteiger charge is -2.07. The first-order chi connectivity index (χ1) is 8.10.